The smallest absolute Gasteiger partial charge is 0.251 e. The Morgan fingerprint density at radius 2 is 1.95 bits per heavy atom. The highest BCUT2D eigenvalue weighted by molar-refractivity contribution is 5.94. The number of aliphatic hydroxyl groups excluding tert-OH is 1. The van der Waals surface area contributed by atoms with Crippen LogP contribution in [0.2, 0.25) is 0 Å². The van der Waals surface area contributed by atoms with E-state index < -0.39 is 6.10 Å². The fraction of sp³-hybridized carbons (Fsp3) is 0.500. The molecule has 2 aromatic heterocycles. The number of ether oxygens (including phenoxy) is 1. The van der Waals surface area contributed by atoms with Crippen LogP contribution in [0.4, 0.5) is 5.82 Å². The normalized spacial score (nSPS) is 18.4. The number of aromatic nitrogens is 2. The van der Waals surface area contributed by atoms with Gasteiger partial charge in [-0.05, 0) is 67.5 Å². The fourth-order valence-corrected chi connectivity index (χ4v) is 5.99. The van der Waals surface area contributed by atoms with Gasteiger partial charge in [-0.2, -0.15) is 0 Å². The molecule has 11 heteroatoms. The summed E-state index contributed by atoms with van der Waals surface area (Å²) >= 11 is 0. The molecule has 2 amide bonds. The van der Waals surface area contributed by atoms with Gasteiger partial charge >= 0.3 is 0 Å². The van der Waals surface area contributed by atoms with Gasteiger partial charge in [0, 0.05) is 63.0 Å². The topological polar surface area (TPSA) is 133 Å². The van der Waals surface area contributed by atoms with Gasteiger partial charge in [0.05, 0.1) is 12.3 Å². The molecule has 4 heterocycles. The summed E-state index contributed by atoms with van der Waals surface area (Å²) in [5.74, 6) is 2.43. The molecule has 3 aromatic rings. The third kappa shape index (κ3) is 7.52. The zero-order valence-corrected chi connectivity index (χ0v) is 24.4. The molecule has 6 rings (SSSR count). The lowest BCUT2D eigenvalue weighted by Gasteiger charge is -2.36. The van der Waals surface area contributed by atoms with Crippen LogP contribution in [0.1, 0.15) is 59.3 Å². The van der Waals surface area contributed by atoms with Crippen molar-refractivity contribution in [1.29, 1.82) is 0 Å². The first-order valence-electron chi connectivity index (χ1n) is 15.3. The molecular weight excluding hydrogens is 548 g/mol. The maximum Gasteiger partial charge on any atom is 0.251 e. The minimum absolute atomic E-state index is 0.162. The van der Waals surface area contributed by atoms with Crippen LogP contribution in [0, 0.1) is 5.92 Å². The predicted molar refractivity (Wildman–Crippen MR) is 159 cm³/mol. The van der Waals surface area contributed by atoms with E-state index in [1.165, 1.54) is 23.9 Å². The number of β-amino-alcohol motifs (C(OH)–C–C–N with tert-alkyl or cyclic N) is 1. The Morgan fingerprint density at radius 3 is 2.72 bits per heavy atom. The van der Waals surface area contributed by atoms with Crippen molar-refractivity contribution in [2.75, 3.05) is 38.0 Å². The van der Waals surface area contributed by atoms with Crippen molar-refractivity contribution in [1.82, 2.24) is 25.1 Å². The predicted octanol–water partition coefficient (Wildman–Crippen LogP) is 3.00. The number of hydrogen-bond acceptors (Lipinski definition) is 9. The van der Waals surface area contributed by atoms with Crippen LogP contribution < -0.4 is 15.4 Å². The molecule has 1 atom stereocenters. The Hall–Kier alpha value is -3.96. The van der Waals surface area contributed by atoms with Crippen molar-refractivity contribution >= 4 is 17.6 Å². The number of fused-ring (bicyclic) bond motifs is 1. The van der Waals surface area contributed by atoms with E-state index in [-0.39, 0.29) is 24.4 Å². The number of piperidine rings is 1. The number of nitrogens with zero attached hydrogens (tertiary/aromatic N) is 4. The highest BCUT2D eigenvalue weighted by Gasteiger charge is 2.31. The number of aliphatic hydroxyl groups is 1. The summed E-state index contributed by atoms with van der Waals surface area (Å²) in [6.45, 7) is 4.03. The van der Waals surface area contributed by atoms with Crippen LogP contribution in [0.25, 0.3) is 0 Å². The van der Waals surface area contributed by atoms with E-state index in [4.69, 9.17) is 9.15 Å². The molecule has 0 unspecified atom stereocenters. The molecule has 2 aliphatic heterocycles. The zero-order valence-electron chi connectivity index (χ0n) is 24.4. The number of hydrogen-bond donors (Lipinski definition) is 3. The second-order valence-electron chi connectivity index (χ2n) is 11.8. The second kappa shape index (κ2) is 13.6. The number of carbonyl (C=O) groups is 2. The molecular formula is C32H40N6O5. The molecule has 1 aromatic carbocycles. The van der Waals surface area contributed by atoms with E-state index in [1.807, 2.05) is 11.0 Å². The Kier molecular flexibility index (Phi) is 9.18. The number of amides is 2. The van der Waals surface area contributed by atoms with Gasteiger partial charge in [-0.15, -0.1) is 0 Å². The quantitative estimate of drug-likeness (QED) is 0.309. The van der Waals surface area contributed by atoms with E-state index in [0.717, 1.165) is 64.0 Å². The minimum Gasteiger partial charge on any atom is -0.486 e. The van der Waals surface area contributed by atoms with Crippen LogP contribution in [0.15, 0.2) is 53.5 Å². The largest absolute Gasteiger partial charge is 0.486 e. The number of rotatable bonds is 11. The molecule has 11 nitrogen and oxygen atoms in total. The van der Waals surface area contributed by atoms with Gasteiger partial charge in [-0.3, -0.25) is 14.5 Å². The standard InChI is InChI=1S/C32H40N6O5/c39-27(19-37-11-7-23-14-28(5-4-25(23)18-37)42-20-29-17-33-21-43-29)16-35-31(40)24-6-10-34-30(15-24)36-26-8-12-38(13-9-26)32(41)22-2-1-3-22/h4-6,10,14-15,17,21-22,26-27,39H,1-3,7-9,11-13,16,18-20H2,(H,34,36)(H,35,40)/t27-/m0/s1. The zero-order chi connectivity index (χ0) is 29.6. The van der Waals surface area contributed by atoms with Crippen LogP contribution >= 0.6 is 0 Å². The Bertz CT molecular complexity index is 1390. The summed E-state index contributed by atoms with van der Waals surface area (Å²) < 4.78 is 11.0. The van der Waals surface area contributed by atoms with Crippen molar-refractivity contribution in [3.05, 3.63) is 71.6 Å². The molecule has 3 N–H and O–H groups in total. The first-order chi connectivity index (χ1) is 21.0. The number of benzene rings is 1. The molecule has 0 radical (unpaired) electrons. The molecule has 1 saturated carbocycles. The van der Waals surface area contributed by atoms with Crippen molar-refractivity contribution < 1.29 is 23.8 Å². The maximum absolute atomic E-state index is 12.9. The number of pyridine rings is 1. The Morgan fingerprint density at radius 1 is 1.09 bits per heavy atom. The summed E-state index contributed by atoms with van der Waals surface area (Å²) in [6.07, 6.45) is 9.78. The van der Waals surface area contributed by atoms with Gasteiger partial charge in [0.15, 0.2) is 12.2 Å². The molecule has 3 aliphatic rings. The number of nitrogens with one attached hydrogen (secondary N) is 2. The van der Waals surface area contributed by atoms with Gasteiger partial charge in [-0.25, -0.2) is 9.97 Å². The second-order valence-corrected chi connectivity index (χ2v) is 11.8. The third-order valence-corrected chi connectivity index (χ3v) is 8.74. The van der Waals surface area contributed by atoms with Crippen molar-refractivity contribution in [3.63, 3.8) is 0 Å². The van der Waals surface area contributed by atoms with Crippen molar-refractivity contribution in [3.8, 4) is 5.75 Å². The third-order valence-electron chi connectivity index (χ3n) is 8.74. The van der Waals surface area contributed by atoms with Crippen LogP contribution in [-0.2, 0) is 24.4 Å². The molecule has 2 fully saturated rings. The average Bonchev–Trinajstić information content (AvgIpc) is 3.52. The molecule has 1 aliphatic carbocycles. The molecule has 43 heavy (non-hydrogen) atoms. The van der Waals surface area contributed by atoms with Crippen LogP contribution in [-0.4, -0.2) is 81.6 Å². The lowest BCUT2D eigenvalue weighted by Crippen LogP contribution is -2.46. The van der Waals surface area contributed by atoms with Gasteiger partial charge in [0.2, 0.25) is 5.91 Å². The average molecular weight is 589 g/mol. The summed E-state index contributed by atoms with van der Waals surface area (Å²) in [4.78, 5) is 37.9. The minimum atomic E-state index is -0.692. The van der Waals surface area contributed by atoms with Crippen molar-refractivity contribution in [2.45, 2.75) is 63.8 Å². The van der Waals surface area contributed by atoms with Gasteiger partial charge in [0.1, 0.15) is 18.2 Å². The summed E-state index contributed by atoms with van der Waals surface area (Å²) in [5.41, 5.74) is 2.95. The SMILES string of the molecule is O=C(NC[C@H](O)CN1CCc2cc(OCc3cnco3)ccc2C1)c1ccnc(NC2CCN(C(=O)C3CCC3)CC2)c1. The Balaban J connectivity index is 0.923. The first-order valence-corrected chi connectivity index (χ1v) is 15.3. The van der Waals surface area contributed by atoms with Gasteiger partial charge in [-0.1, -0.05) is 12.5 Å². The number of carbonyl (C=O) groups excluding carboxylic acids is 2. The molecule has 1 saturated heterocycles. The number of oxazole rings is 1. The van der Waals surface area contributed by atoms with E-state index >= 15 is 0 Å². The monoisotopic (exact) mass is 588 g/mol. The lowest BCUT2D eigenvalue weighted by molar-refractivity contribution is -0.139. The highest BCUT2D eigenvalue weighted by Crippen LogP contribution is 2.29. The number of likely N-dealkylation sites (tertiary alicyclic amines) is 1. The van der Waals surface area contributed by atoms with E-state index in [1.54, 1.807) is 24.5 Å². The summed E-state index contributed by atoms with van der Waals surface area (Å²) in [6, 6.07) is 9.73. The summed E-state index contributed by atoms with van der Waals surface area (Å²) in [5, 5.41) is 17.0. The first kappa shape index (κ1) is 29.1. The van der Waals surface area contributed by atoms with Gasteiger partial charge < -0.3 is 29.8 Å². The molecule has 0 spiro atoms. The number of anilines is 1. The fourth-order valence-electron chi connectivity index (χ4n) is 5.99. The van der Waals surface area contributed by atoms with Crippen LogP contribution in [0.5, 0.6) is 5.75 Å². The van der Waals surface area contributed by atoms with E-state index in [0.29, 0.717) is 36.2 Å². The van der Waals surface area contributed by atoms with Crippen LogP contribution in [0.3, 0.4) is 0 Å². The van der Waals surface area contributed by atoms with E-state index in [2.05, 4.69) is 37.6 Å². The maximum atomic E-state index is 12.9. The summed E-state index contributed by atoms with van der Waals surface area (Å²) in [7, 11) is 0. The Labute approximate surface area is 251 Å². The molecule has 0 bridgehead atoms. The molecule has 228 valence electrons. The van der Waals surface area contributed by atoms with Crippen molar-refractivity contribution in [2.24, 2.45) is 5.92 Å². The highest BCUT2D eigenvalue weighted by atomic mass is 16.5. The van der Waals surface area contributed by atoms with E-state index in [9.17, 15) is 14.7 Å². The lowest BCUT2D eigenvalue weighted by atomic mass is 9.84. The van der Waals surface area contributed by atoms with Gasteiger partial charge in [0.25, 0.3) is 5.91 Å².